The van der Waals surface area contributed by atoms with Crippen molar-refractivity contribution in [2.75, 3.05) is 0 Å². The lowest BCUT2D eigenvalue weighted by Gasteiger charge is -2.10. The third kappa shape index (κ3) is 2.31. The predicted molar refractivity (Wildman–Crippen MR) is 63.4 cm³/mol. The molecule has 0 heterocycles. The van der Waals surface area contributed by atoms with Crippen molar-refractivity contribution in [2.24, 2.45) is 0 Å². The maximum atomic E-state index is 13.7. The van der Waals surface area contributed by atoms with E-state index in [1.165, 1.54) is 25.1 Å². The summed E-state index contributed by atoms with van der Waals surface area (Å²) in [6.07, 6.45) is 0. The van der Waals surface area contributed by atoms with Crippen LogP contribution in [0.25, 0.3) is 11.1 Å². The number of rotatable bonds is 2. The number of benzene rings is 2. The van der Waals surface area contributed by atoms with E-state index in [1.54, 1.807) is 0 Å². The first-order valence-corrected chi connectivity index (χ1v) is 5.39. The Morgan fingerprint density at radius 2 is 1.63 bits per heavy atom. The molecule has 98 valence electrons. The first kappa shape index (κ1) is 13.1. The van der Waals surface area contributed by atoms with Crippen molar-refractivity contribution >= 4 is 5.97 Å². The van der Waals surface area contributed by atoms with E-state index in [0.717, 1.165) is 6.07 Å². The second-order valence-corrected chi connectivity index (χ2v) is 4.03. The molecule has 0 saturated carbocycles. The van der Waals surface area contributed by atoms with Gasteiger partial charge in [-0.25, -0.2) is 18.0 Å². The van der Waals surface area contributed by atoms with Gasteiger partial charge >= 0.3 is 5.97 Å². The molecule has 1 N–H and O–H groups in total. The zero-order valence-corrected chi connectivity index (χ0v) is 9.88. The average Bonchev–Trinajstić information content (AvgIpc) is 2.34. The molecule has 2 rings (SSSR count). The first-order valence-electron chi connectivity index (χ1n) is 5.39. The number of hydrogen-bond acceptors (Lipinski definition) is 1. The largest absolute Gasteiger partial charge is 0.478 e. The molecule has 0 radical (unpaired) electrons. The van der Waals surface area contributed by atoms with Gasteiger partial charge in [0.1, 0.15) is 5.82 Å². The van der Waals surface area contributed by atoms with E-state index in [9.17, 15) is 18.0 Å². The molecule has 19 heavy (non-hydrogen) atoms. The summed E-state index contributed by atoms with van der Waals surface area (Å²) in [5.41, 5.74) is 0.331. The third-order valence-corrected chi connectivity index (χ3v) is 2.86. The standard InChI is InChI=1S/C14H9F3O2/c1-7-8(3-2-4-9(7)14(18)19)10-5-12(16)13(17)6-11(10)15/h2-6H,1H3,(H,18,19). The van der Waals surface area contributed by atoms with Crippen LogP contribution in [0.4, 0.5) is 13.2 Å². The van der Waals surface area contributed by atoms with E-state index in [4.69, 9.17) is 5.11 Å². The Balaban J connectivity index is 2.69. The van der Waals surface area contributed by atoms with E-state index >= 15 is 0 Å². The first-order chi connectivity index (χ1) is 8.91. The van der Waals surface area contributed by atoms with Crippen LogP contribution in [0.2, 0.25) is 0 Å². The van der Waals surface area contributed by atoms with Crippen molar-refractivity contribution in [1.82, 2.24) is 0 Å². The van der Waals surface area contributed by atoms with Gasteiger partial charge in [-0.15, -0.1) is 0 Å². The van der Waals surface area contributed by atoms with Crippen molar-refractivity contribution in [3.8, 4) is 11.1 Å². The lowest BCUT2D eigenvalue weighted by molar-refractivity contribution is 0.0696. The third-order valence-electron chi connectivity index (χ3n) is 2.86. The SMILES string of the molecule is Cc1c(C(=O)O)cccc1-c1cc(F)c(F)cc1F. The van der Waals surface area contributed by atoms with E-state index in [-0.39, 0.29) is 16.7 Å². The molecule has 0 atom stereocenters. The lowest BCUT2D eigenvalue weighted by atomic mass is 9.96. The summed E-state index contributed by atoms with van der Waals surface area (Å²) >= 11 is 0. The van der Waals surface area contributed by atoms with Gasteiger partial charge in [0.25, 0.3) is 0 Å². The van der Waals surface area contributed by atoms with Crippen LogP contribution in [-0.4, -0.2) is 11.1 Å². The molecule has 0 aliphatic carbocycles. The maximum Gasteiger partial charge on any atom is 0.335 e. The quantitative estimate of drug-likeness (QED) is 0.840. The molecule has 0 amide bonds. The fourth-order valence-corrected chi connectivity index (χ4v) is 1.89. The van der Waals surface area contributed by atoms with Gasteiger partial charge in [-0.05, 0) is 30.2 Å². The van der Waals surface area contributed by atoms with Gasteiger partial charge in [0.2, 0.25) is 0 Å². The summed E-state index contributed by atoms with van der Waals surface area (Å²) in [5.74, 6) is -4.57. The van der Waals surface area contributed by atoms with Crippen molar-refractivity contribution in [3.63, 3.8) is 0 Å². The number of halogens is 3. The molecule has 0 fully saturated rings. The Labute approximate surface area is 107 Å². The monoisotopic (exact) mass is 266 g/mol. The van der Waals surface area contributed by atoms with Crippen LogP contribution in [0.1, 0.15) is 15.9 Å². The highest BCUT2D eigenvalue weighted by Gasteiger charge is 2.16. The Hall–Kier alpha value is -2.30. The second kappa shape index (κ2) is 4.76. The predicted octanol–water partition coefficient (Wildman–Crippen LogP) is 3.78. The lowest BCUT2D eigenvalue weighted by Crippen LogP contribution is -2.02. The summed E-state index contributed by atoms with van der Waals surface area (Å²) in [7, 11) is 0. The van der Waals surface area contributed by atoms with Crippen molar-refractivity contribution in [2.45, 2.75) is 6.92 Å². The van der Waals surface area contributed by atoms with Crippen LogP contribution in [-0.2, 0) is 0 Å². The molecular formula is C14H9F3O2. The van der Waals surface area contributed by atoms with Gasteiger partial charge < -0.3 is 5.11 Å². The number of carboxylic acids is 1. The van der Waals surface area contributed by atoms with Crippen LogP contribution < -0.4 is 0 Å². The zero-order valence-electron chi connectivity index (χ0n) is 9.88. The Bertz CT molecular complexity index is 666. The van der Waals surface area contributed by atoms with E-state index in [1.807, 2.05) is 0 Å². The number of carbonyl (C=O) groups is 1. The van der Waals surface area contributed by atoms with Gasteiger partial charge in [0.05, 0.1) is 5.56 Å². The number of aromatic carboxylic acids is 1. The molecule has 0 spiro atoms. The summed E-state index contributed by atoms with van der Waals surface area (Å²) < 4.78 is 39.7. The van der Waals surface area contributed by atoms with E-state index in [0.29, 0.717) is 11.6 Å². The van der Waals surface area contributed by atoms with Crippen molar-refractivity contribution < 1.29 is 23.1 Å². The summed E-state index contributed by atoms with van der Waals surface area (Å²) in [6.45, 7) is 1.49. The minimum absolute atomic E-state index is 0.0124. The summed E-state index contributed by atoms with van der Waals surface area (Å²) in [4.78, 5) is 11.0. The average molecular weight is 266 g/mol. The Kier molecular flexibility index (Phi) is 3.29. The van der Waals surface area contributed by atoms with Crippen LogP contribution in [0.3, 0.4) is 0 Å². The summed E-state index contributed by atoms with van der Waals surface area (Å²) in [6, 6.07) is 5.40. The molecule has 0 aromatic heterocycles. The van der Waals surface area contributed by atoms with Gasteiger partial charge in [-0.1, -0.05) is 12.1 Å². The highest BCUT2D eigenvalue weighted by atomic mass is 19.2. The molecule has 2 aromatic rings. The van der Waals surface area contributed by atoms with Crippen LogP contribution >= 0.6 is 0 Å². The number of carboxylic acid groups (broad SMARTS) is 1. The molecule has 0 aliphatic heterocycles. The normalized spacial score (nSPS) is 10.5. The van der Waals surface area contributed by atoms with Gasteiger partial charge in [0.15, 0.2) is 11.6 Å². The summed E-state index contributed by atoms with van der Waals surface area (Å²) in [5, 5.41) is 8.98. The maximum absolute atomic E-state index is 13.7. The molecule has 0 bridgehead atoms. The number of hydrogen-bond donors (Lipinski definition) is 1. The van der Waals surface area contributed by atoms with Crippen molar-refractivity contribution in [1.29, 1.82) is 0 Å². The molecule has 2 aromatic carbocycles. The van der Waals surface area contributed by atoms with Crippen LogP contribution in [0.5, 0.6) is 0 Å². The molecule has 5 heteroatoms. The Morgan fingerprint density at radius 1 is 1.00 bits per heavy atom. The van der Waals surface area contributed by atoms with E-state index < -0.39 is 23.4 Å². The molecule has 0 unspecified atom stereocenters. The minimum Gasteiger partial charge on any atom is -0.478 e. The Morgan fingerprint density at radius 3 is 2.26 bits per heavy atom. The molecular weight excluding hydrogens is 257 g/mol. The molecule has 2 nitrogen and oxygen atoms in total. The fraction of sp³-hybridized carbons (Fsp3) is 0.0714. The highest BCUT2D eigenvalue weighted by Crippen LogP contribution is 2.29. The second-order valence-electron chi connectivity index (χ2n) is 4.03. The fourth-order valence-electron chi connectivity index (χ4n) is 1.89. The molecule has 0 aliphatic rings. The topological polar surface area (TPSA) is 37.3 Å². The minimum atomic E-state index is -1.28. The molecule has 0 saturated heterocycles. The highest BCUT2D eigenvalue weighted by molar-refractivity contribution is 5.92. The van der Waals surface area contributed by atoms with Gasteiger partial charge in [-0.2, -0.15) is 0 Å². The smallest absolute Gasteiger partial charge is 0.335 e. The van der Waals surface area contributed by atoms with E-state index in [2.05, 4.69) is 0 Å². The van der Waals surface area contributed by atoms with Gasteiger partial charge in [-0.3, -0.25) is 0 Å². The van der Waals surface area contributed by atoms with Crippen LogP contribution in [0.15, 0.2) is 30.3 Å². The van der Waals surface area contributed by atoms with Gasteiger partial charge in [0, 0.05) is 11.6 Å². The van der Waals surface area contributed by atoms with Crippen molar-refractivity contribution in [3.05, 3.63) is 58.9 Å². The van der Waals surface area contributed by atoms with Crippen LogP contribution in [0, 0.1) is 24.4 Å². The zero-order chi connectivity index (χ0) is 14.2.